The molecule has 0 amide bonds. The number of carbonyl (C=O) groups excluding carboxylic acids is 1. The average Bonchev–Trinajstić information content (AvgIpc) is 2.53. The molecule has 7 heteroatoms. The van der Waals surface area contributed by atoms with E-state index in [0.717, 1.165) is 4.47 Å². The van der Waals surface area contributed by atoms with Gasteiger partial charge in [-0.05, 0) is 30.3 Å². The molecule has 0 N–H and O–H groups in total. The molecule has 2 aromatic carbocycles. The van der Waals surface area contributed by atoms with Crippen LogP contribution in [0, 0.1) is 10.1 Å². The van der Waals surface area contributed by atoms with E-state index < -0.39 is 10.9 Å². The summed E-state index contributed by atoms with van der Waals surface area (Å²) in [6.07, 6.45) is 0. The second-order valence-corrected chi connectivity index (χ2v) is 5.13. The van der Waals surface area contributed by atoms with Gasteiger partial charge in [0.25, 0.3) is 5.69 Å². The lowest BCUT2D eigenvalue weighted by molar-refractivity contribution is -0.385. The summed E-state index contributed by atoms with van der Waals surface area (Å²) in [6.45, 7) is 0.162. The number of carbonyl (C=O) groups is 1. The molecule has 0 heterocycles. The van der Waals surface area contributed by atoms with Crippen LogP contribution < -0.4 is 4.74 Å². The van der Waals surface area contributed by atoms with Crippen molar-refractivity contribution in [3.63, 3.8) is 0 Å². The van der Waals surface area contributed by atoms with E-state index in [1.165, 1.54) is 18.2 Å². The molecule has 0 aliphatic heterocycles. The molecule has 0 bridgehead atoms. The topological polar surface area (TPSA) is 78.7 Å². The molecule has 0 unspecified atom stereocenters. The molecule has 6 nitrogen and oxygen atoms in total. The van der Waals surface area contributed by atoms with Crippen LogP contribution in [-0.2, 0) is 4.74 Å². The molecule has 0 saturated heterocycles. The first-order valence-electron chi connectivity index (χ1n) is 6.37. The van der Waals surface area contributed by atoms with Crippen LogP contribution in [0.3, 0.4) is 0 Å². The summed E-state index contributed by atoms with van der Waals surface area (Å²) in [5.41, 5.74) is -0.350. The van der Waals surface area contributed by atoms with Gasteiger partial charge in [0.05, 0.1) is 4.92 Å². The van der Waals surface area contributed by atoms with Gasteiger partial charge in [0.1, 0.15) is 24.5 Å². The van der Waals surface area contributed by atoms with Gasteiger partial charge in [0.15, 0.2) is 0 Å². The Labute approximate surface area is 134 Å². The maximum absolute atomic E-state index is 11.8. The van der Waals surface area contributed by atoms with E-state index in [1.807, 2.05) is 12.1 Å². The Balaban J connectivity index is 1.86. The van der Waals surface area contributed by atoms with E-state index in [9.17, 15) is 14.9 Å². The van der Waals surface area contributed by atoms with Crippen LogP contribution in [0.15, 0.2) is 53.0 Å². The molecule has 114 valence electrons. The van der Waals surface area contributed by atoms with Crippen molar-refractivity contribution >= 4 is 27.6 Å². The lowest BCUT2D eigenvalue weighted by atomic mass is 10.2. The van der Waals surface area contributed by atoms with Crippen molar-refractivity contribution in [3.05, 3.63) is 68.7 Å². The minimum atomic E-state index is -0.744. The van der Waals surface area contributed by atoms with Crippen molar-refractivity contribution in [2.75, 3.05) is 13.2 Å². The monoisotopic (exact) mass is 365 g/mol. The first kappa shape index (κ1) is 16.0. The summed E-state index contributed by atoms with van der Waals surface area (Å²) in [6, 6.07) is 12.9. The van der Waals surface area contributed by atoms with Crippen molar-refractivity contribution in [2.45, 2.75) is 0 Å². The van der Waals surface area contributed by atoms with Gasteiger partial charge in [-0.2, -0.15) is 0 Å². The highest BCUT2D eigenvalue weighted by molar-refractivity contribution is 9.10. The third-order valence-electron chi connectivity index (χ3n) is 2.72. The van der Waals surface area contributed by atoms with Crippen LogP contribution in [0.4, 0.5) is 5.69 Å². The van der Waals surface area contributed by atoms with Gasteiger partial charge in [-0.25, -0.2) is 4.79 Å². The number of nitrogens with zero attached hydrogens (tertiary/aromatic N) is 1. The molecular weight excluding hydrogens is 354 g/mol. The summed E-state index contributed by atoms with van der Waals surface area (Å²) in [4.78, 5) is 22.1. The minimum absolute atomic E-state index is 0.000938. The van der Waals surface area contributed by atoms with Gasteiger partial charge in [0, 0.05) is 10.5 Å². The van der Waals surface area contributed by atoms with E-state index >= 15 is 0 Å². The molecular formula is C15H12BrNO5. The standard InChI is InChI=1S/C15H12BrNO5/c16-11-5-7-12(8-6-11)21-9-10-22-15(18)13-3-1-2-4-14(13)17(19)20/h1-8H,9-10H2. The SMILES string of the molecule is O=C(OCCOc1ccc(Br)cc1)c1ccccc1[N+](=O)[O-]. The van der Waals surface area contributed by atoms with E-state index in [4.69, 9.17) is 9.47 Å². The van der Waals surface area contributed by atoms with Crippen LogP contribution in [-0.4, -0.2) is 24.1 Å². The predicted molar refractivity (Wildman–Crippen MR) is 83.0 cm³/mol. The summed E-state index contributed by atoms with van der Waals surface area (Å²) in [5, 5.41) is 10.8. The Morgan fingerprint density at radius 2 is 1.77 bits per heavy atom. The fourth-order valence-corrected chi connectivity index (χ4v) is 1.97. The van der Waals surface area contributed by atoms with Crippen molar-refractivity contribution in [1.29, 1.82) is 0 Å². The van der Waals surface area contributed by atoms with Crippen LogP contribution in [0.25, 0.3) is 0 Å². The van der Waals surface area contributed by atoms with Gasteiger partial charge in [-0.15, -0.1) is 0 Å². The highest BCUT2D eigenvalue weighted by Gasteiger charge is 2.20. The van der Waals surface area contributed by atoms with Gasteiger partial charge < -0.3 is 9.47 Å². The number of ether oxygens (including phenoxy) is 2. The van der Waals surface area contributed by atoms with E-state index in [-0.39, 0.29) is 24.5 Å². The third kappa shape index (κ3) is 4.29. The molecule has 0 saturated carbocycles. The molecule has 0 aliphatic carbocycles. The molecule has 0 spiro atoms. The van der Waals surface area contributed by atoms with Gasteiger partial charge in [0.2, 0.25) is 0 Å². The molecule has 2 rings (SSSR count). The van der Waals surface area contributed by atoms with Crippen molar-refractivity contribution in [3.8, 4) is 5.75 Å². The van der Waals surface area contributed by atoms with Gasteiger partial charge >= 0.3 is 5.97 Å². The number of rotatable bonds is 6. The summed E-state index contributed by atoms with van der Waals surface area (Å²) >= 11 is 3.31. The van der Waals surface area contributed by atoms with E-state index in [1.54, 1.807) is 18.2 Å². The molecule has 2 aromatic rings. The Kier molecular flexibility index (Phi) is 5.48. The molecule has 0 fully saturated rings. The maximum atomic E-state index is 11.8. The van der Waals surface area contributed by atoms with E-state index in [0.29, 0.717) is 5.75 Å². The Bertz CT molecular complexity index is 672. The number of benzene rings is 2. The zero-order valence-electron chi connectivity index (χ0n) is 11.4. The van der Waals surface area contributed by atoms with Crippen molar-refractivity contribution < 1.29 is 19.2 Å². The van der Waals surface area contributed by atoms with Crippen LogP contribution >= 0.6 is 15.9 Å². The maximum Gasteiger partial charge on any atom is 0.345 e. The number of nitro groups is 1. The highest BCUT2D eigenvalue weighted by atomic mass is 79.9. The number of hydrogen-bond acceptors (Lipinski definition) is 5. The number of hydrogen-bond donors (Lipinski definition) is 0. The Morgan fingerprint density at radius 3 is 2.45 bits per heavy atom. The first-order chi connectivity index (χ1) is 10.6. The second kappa shape index (κ2) is 7.56. The zero-order valence-corrected chi connectivity index (χ0v) is 13.0. The average molecular weight is 366 g/mol. The third-order valence-corrected chi connectivity index (χ3v) is 3.25. The van der Waals surface area contributed by atoms with Crippen LogP contribution in [0.5, 0.6) is 5.75 Å². The predicted octanol–water partition coefficient (Wildman–Crippen LogP) is 3.59. The normalized spacial score (nSPS) is 10.0. The molecule has 0 aliphatic rings. The minimum Gasteiger partial charge on any atom is -0.490 e. The molecule has 0 radical (unpaired) electrons. The fraction of sp³-hybridized carbons (Fsp3) is 0.133. The van der Waals surface area contributed by atoms with Gasteiger partial charge in [-0.1, -0.05) is 28.1 Å². The van der Waals surface area contributed by atoms with Crippen molar-refractivity contribution in [1.82, 2.24) is 0 Å². The number of nitro benzene ring substituents is 1. The Hall–Kier alpha value is -2.41. The number of para-hydroxylation sites is 1. The second-order valence-electron chi connectivity index (χ2n) is 4.21. The molecule has 0 aromatic heterocycles. The highest BCUT2D eigenvalue weighted by Crippen LogP contribution is 2.19. The number of esters is 1. The fourth-order valence-electron chi connectivity index (χ4n) is 1.71. The number of halogens is 1. The zero-order chi connectivity index (χ0) is 15.9. The van der Waals surface area contributed by atoms with Crippen molar-refractivity contribution in [2.24, 2.45) is 0 Å². The van der Waals surface area contributed by atoms with Crippen LogP contribution in [0.1, 0.15) is 10.4 Å². The smallest absolute Gasteiger partial charge is 0.345 e. The van der Waals surface area contributed by atoms with E-state index in [2.05, 4.69) is 15.9 Å². The summed E-state index contributed by atoms with van der Waals surface area (Å²) in [5.74, 6) is -0.100. The first-order valence-corrected chi connectivity index (χ1v) is 7.16. The van der Waals surface area contributed by atoms with Gasteiger partial charge in [-0.3, -0.25) is 10.1 Å². The lowest BCUT2D eigenvalue weighted by Crippen LogP contribution is -2.13. The van der Waals surface area contributed by atoms with Crippen LogP contribution in [0.2, 0.25) is 0 Å². The Morgan fingerprint density at radius 1 is 1.09 bits per heavy atom. The molecule has 0 atom stereocenters. The summed E-state index contributed by atoms with van der Waals surface area (Å²) in [7, 11) is 0. The largest absolute Gasteiger partial charge is 0.490 e. The molecule has 22 heavy (non-hydrogen) atoms. The summed E-state index contributed by atoms with van der Waals surface area (Å²) < 4.78 is 11.3. The lowest BCUT2D eigenvalue weighted by Gasteiger charge is -2.07. The quantitative estimate of drug-likeness (QED) is 0.338.